The van der Waals surface area contributed by atoms with Crippen LogP contribution < -0.4 is 5.32 Å². The van der Waals surface area contributed by atoms with E-state index in [2.05, 4.69) is 37.6 Å². The van der Waals surface area contributed by atoms with Crippen LogP contribution in [-0.2, 0) is 6.54 Å². The van der Waals surface area contributed by atoms with Crippen LogP contribution in [0.25, 0.3) is 16.9 Å². The maximum Gasteiger partial charge on any atom is 0.251 e. The average Bonchev–Trinajstić information content (AvgIpc) is 3.29. The predicted molar refractivity (Wildman–Crippen MR) is 133 cm³/mol. The highest BCUT2D eigenvalue weighted by molar-refractivity contribution is 6.30. The van der Waals surface area contributed by atoms with Crippen LogP contribution >= 0.6 is 11.6 Å². The van der Waals surface area contributed by atoms with Crippen molar-refractivity contribution in [2.24, 2.45) is 5.92 Å². The van der Waals surface area contributed by atoms with Gasteiger partial charge in [0.1, 0.15) is 5.52 Å². The molecule has 0 saturated carbocycles. The Morgan fingerprint density at radius 1 is 1.12 bits per heavy atom. The molecule has 1 aliphatic heterocycles. The van der Waals surface area contributed by atoms with Crippen molar-refractivity contribution in [3.63, 3.8) is 0 Å². The molecule has 34 heavy (non-hydrogen) atoms. The molecule has 1 amide bonds. The fourth-order valence-electron chi connectivity index (χ4n) is 4.50. The summed E-state index contributed by atoms with van der Waals surface area (Å²) >= 11 is 5.98. The lowest BCUT2D eigenvalue weighted by Crippen LogP contribution is -2.38. The number of rotatable bonds is 6. The van der Waals surface area contributed by atoms with Crippen LogP contribution in [0.1, 0.15) is 34.3 Å². The number of halogens is 1. The number of pyridine rings is 1. The minimum absolute atomic E-state index is 0.0418. The number of carbonyl (C=O) groups is 1. The number of aromatic nitrogens is 4. The Morgan fingerprint density at radius 2 is 1.91 bits per heavy atom. The zero-order chi connectivity index (χ0) is 23.5. The quantitative estimate of drug-likeness (QED) is 0.447. The highest BCUT2D eigenvalue weighted by Gasteiger charge is 2.20. The summed E-state index contributed by atoms with van der Waals surface area (Å²) in [5, 5.41) is 12.3. The molecule has 5 rings (SSSR count). The zero-order valence-electron chi connectivity index (χ0n) is 19.1. The van der Waals surface area contributed by atoms with Gasteiger partial charge in [0.2, 0.25) is 0 Å². The summed E-state index contributed by atoms with van der Waals surface area (Å²) in [4.78, 5) is 19.6. The molecule has 8 heteroatoms. The van der Waals surface area contributed by atoms with Crippen molar-refractivity contribution in [3.8, 4) is 5.69 Å². The summed E-state index contributed by atoms with van der Waals surface area (Å²) in [6.07, 6.45) is 3.89. The molecule has 1 aliphatic rings. The average molecular weight is 475 g/mol. The third kappa shape index (κ3) is 4.95. The van der Waals surface area contributed by atoms with Gasteiger partial charge in [0.25, 0.3) is 5.91 Å². The molecular formula is C26H27ClN6O. The lowest BCUT2D eigenvalue weighted by atomic mass is 9.96. The molecule has 1 N–H and O–H groups in total. The number of hydrogen-bond donors (Lipinski definition) is 1. The van der Waals surface area contributed by atoms with E-state index in [0.29, 0.717) is 23.7 Å². The molecule has 1 saturated heterocycles. The highest BCUT2D eigenvalue weighted by Crippen LogP contribution is 2.21. The van der Waals surface area contributed by atoms with Crippen LogP contribution in [0, 0.1) is 12.8 Å². The van der Waals surface area contributed by atoms with Gasteiger partial charge in [-0.3, -0.25) is 9.69 Å². The van der Waals surface area contributed by atoms with Gasteiger partial charge in [0.15, 0.2) is 5.65 Å². The number of likely N-dealkylation sites (tertiary alicyclic amines) is 1. The van der Waals surface area contributed by atoms with Gasteiger partial charge in [0.05, 0.1) is 5.69 Å². The largest absolute Gasteiger partial charge is 0.352 e. The van der Waals surface area contributed by atoms with Gasteiger partial charge in [-0.05, 0) is 92.4 Å². The molecule has 4 aromatic rings. The summed E-state index contributed by atoms with van der Waals surface area (Å²) in [6.45, 7) is 5.69. The molecular weight excluding hydrogens is 448 g/mol. The van der Waals surface area contributed by atoms with Crippen molar-refractivity contribution < 1.29 is 4.79 Å². The normalized spacial score (nSPS) is 15.0. The number of aryl methyl sites for hydroxylation is 1. The molecule has 0 radical (unpaired) electrons. The fourth-order valence-corrected chi connectivity index (χ4v) is 4.62. The lowest BCUT2D eigenvalue weighted by Gasteiger charge is -2.32. The molecule has 0 bridgehead atoms. The Hall–Kier alpha value is -3.29. The number of nitrogens with one attached hydrogen (secondary N) is 1. The Balaban J connectivity index is 1.15. The van der Waals surface area contributed by atoms with Gasteiger partial charge in [-0.25, -0.2) is 4.98 Å². The lowest BCUT2D eigenvalue weighted by molar-refractivity contribution is 0.0935. The van der Waals surface area contributed by atoms with Crippen molar-refractivity contribution in [2.45, 2.75) is 26.3 Å². The van der Waals surface area contributed by atoms with Gasteiger partial charge in [-0.1, -0.05) is 28.9 Å². The summed E-state index contributed by atoms with van der Waals surface area (Å²) in [5.74, 6) is 0.457. The molecule has 0 aliphatic carbocycles. The summed E-state index contributed by atoms with van der Waals surface area (Å²) < 4.78 is 1.71. The van der Waals surface area contributed by atoms with E-state index in [1.54, 1.807) is 10.9 Å². The summed E-state index contributed by atoms with van der Waals surface area (Å²) in [6, 6.07) is 17.4. The molecule has 3 heterocycles. The number of fused-ring (bicyclic) bond motifs is 1. The van der Waals surface area contributed by atoms with Gasteiger partial charge in [0, 0.05) is 29.9 Å². The van der Waals surface area contributed by atoms with Gasteiger partial charge in [-0.15, -0.1) is 5.10 Å². The molecule has 2 aromatic heterocycles. The first-order chi connectivity index (χ1) is 16.6. The molecule has 2 aromatic carbocycles. The molecule has 174 valence electrons. The number of nitrogens with zero attached hydrogens (tertiary/aromatic N) is 5. The van der Waals surface area contributed by atoms with E-state index in [9.17, 15) is 4.79 Å². The van der Waals surface area contributed by atoms with E-state index in [1.807, 2.05) is 49.4 Å². The van der Waals surface area contributed by atoms with Crippen molar-refractivity contribution >= 4 is 28.7 Å². The van der Waals surface area contributed by atoms with E-state index in [4.69, 9.17) is 11.6 Å². The minimum Gasteiger partial charge on any atom is -0.352 e. The van der Waals surface area contributed by atoms with Gasteiger partial charge in [-0.2, -0.15) is 4.68 Å². The highest BCUT2D eigenvalue weighted by atomic mass is 35.5. The van der Waals surface area contributed by atoms with E-state index in [1.165, 1.54) is 5.56 Å². The van der Waals surface area contributed by atoms with Crippen LogP contribution in [0.2, 0.25) is 5.02 Å². The second-order valence-corrected chi connectivity index (χ2v) is 9.34. The van der Waals surface area contributed by atoms with Gasteiger partial charge < -0.3 is 5.32 Å². The fraction of sp³-hybridized carbons (Fsp3) is 0.308. The maximum atomic E-state index is 12.8. The van der Waals surface area contributed by atoms with E-state index < -0.39 is 0 Å². The van der Waals surface area contributed by atoms with Crippen LogP contribution in [0.3, 0.4) is 0 Å². The van der Waals surface area contributed by atoms with E-state index in [-0.39, 0.29) is 5.91 Å². The number of hydrogen-bond acceptors (Lipinski definition) is 5. The van der Waals surface area contributed by atoms with Crippen molar-refractivity contribution in [1.82, 2.24) is 30.2 Å². The second-order valence-electron chi connectivity index (χ2n) is 8.90. The molecule has 7 nitrogen and oxygen atoms in total. The van der Waals surface area contributed by atoms with Crippen molar-refractivity contribution in [2.75, 3.05) is 19.6 Å². The zero-order valence-corrected chi connectivity index (χ0v) is 19.9. The number of piperidine rings is 1. The number of amides is 1. The predicted octanol–water partition coefficient (Wildman–Crippen LogP) is 4.42. The van der Waals surface area contributed by atoms with Gasteiger partial charge >= 0.3 is 0 Å². The van der Waals surface area contributed by atoms with E-state index in [0.717, 1.165) is 54.3 Å². The Morgan fingerprint density at radius 3 is 2.68 bits per heavy atom. The Kier molecular flexibility index (Phi) is 6.56. The third-order valence-electron chi connectivity index (χ3n) is 6.47. The molecule has 0 unspecified atom stereocenters. The smallest absolute Gasteiger partial charge is 0.251 e. The minimum atomic E-state index is -0.0418. The Labute approximate surface area is 203 Å². The van der Waals surface area contributed by atoms with E-state index >= 15 is 0 Å². The van der Waals surface area contributed by atoms with Crippen LogP contribution in [0.5, 0.6) is 0 Å². The van der Waals surface area contributed by atoms with Crippen molar-refractivity contribution in [1.29, 1.82) is 0 Å². The second kappa shape index (κ2) is 9.91. The van der Waals surface area contributed by atoms with Crippen molar-refractivity contribution in [3.05, 3.63) is 82.5 Å². The number of benzene rings is 2. The summed E-state index contributed by atoms with van der Waals surface area (Å²) in [7, 11) is 0. The third-order valence-corrected chi connectivity index (χ3v) is 6.73. The summed E-state index contributed by atoms with van der Waals surface area (Å²) in [5.41, 5.74) is 5.18. The topological polar surface area (TPSA) is 75.9 Å². The molecule has 1 fully saturated rings. The Bertz CT molecular complexity index is 1290. The van der Waals surface area contributed by atoms with Crippen LogP contribution in [-0.4, -0.2) is 50.4 Å². The maximum absolute atomic E-state index is 12.8. The first-order valence-electron chi connectivity index (χ1n) is 11.6. The molecule has 0 spiro atoms. The first-order valence-corrected chi connectivity index (χ1v) is 12.0. The monoisotopic (exact) mass is 474 g/mol. The van der Waals surface area contributed by atoms with Crippen LogP contribution in [0.15, 0.2) is 60.8 Å². The molecule has 0 atom stereocenters. The SMILES string of the molecule is Cc1cc(C(=O)NCC2CCN(Cc3ccc(Cl)cc3)CC2)ccc1-n1nnc2cccnc21. The van der Waals surface area contributed by atoms with Crippen LogP contribution in [0.4, 0.5) is 0 Å². The number of carbonyl (C=O) groups excluding carboxylic acids is 1. The first kappa shape index (κ1) is 22.5. The standard InChI is InChI=1S/C26H27ClN6O/c1-18-15-21(6-9-24(18)33-25-23(30-31-33)3-2-12-28-25)26(34)29-16-19-10-13-32(14-11-19)17-20-4-7-22(27)8-5-20/h2-9,12,15,19H,10-11,13-14,16-17H2,1H3,(H,29,34).